The normalized spacial score (nSPS) is 18.2. The lowest BCUT2D eigenvalue weighted by atomic mass is 9.93. The Morgan fingerprint density at radius 2 is 1.68 bits per heavy atom. The molecule has 1 saturated carbocycles. The second-order valence-electron chi connectivity index (χ2n) is 6.41. The van der Waals surface area contributed by atoms with Crippen molar-refractivity contribution in [1.29, 1.82) is 0 Å². The maximum Gasteiger partial charge on any atom is 0.246 e. The van der Waals surface area contributed by atoms with Crippen LogP contribution in [0.1, 0.15) is 58.8 Å². The number of carbonyl (C=O) groups excluding carboxylic acids is 2. The average molecular weight is 332 g/mol. The largest absolute Gasteiger partial charge is 0.368 e. The second-order valence-corrected chi connectivity index (χ2v) is 8.69. The second kappa shape index (κ2) is 7.55. The lowest BCUT2D eigenvalue weighted by molar-refractivity contribution is -0.133. The topological polar surface area (TPSA) is 120 Å². The predicted octanol–water partition coefficient (Wildman–Crippen LogP) is 0.922. The maximum atomic E-state index is 12.6. The quantitative estimate of drug-likeness (QED) is 0.545. The highest BCUT2D eigenvalue weighted by molar-refractivity contribution is 7.92. The molecule has 0 spiro atoms. The molecule has 0 bridgehead atoms. The van der Waals surface area contributed by atoms with Gasteiger partial charge in [-0.3, -0.25) is 9.59 Å². The van der Waals surface area contributed by atoms with Crippen molar-refractivity contribution < 1.29 is 18.0 Å². The third-order valence-electron chi connectivity index (χ3n) is 4.27. The first-order valence-corrected chi connectivity index (χ1v) is 9.72. The Hall–Kier alpha value is -0.950. The Kier molecular flexibility index (Phi) is 6.55. The number of sulfone groups is 1. The molecule has 22 heavy (non-hydrogen) atoms. The molecule has 1 rings (SSSR count). The Labute approximate surface area is 132 Å². The fourth-order valence-corrected chi connectivity index (χ4v) is 5.00. The number of primary amides is 1. The molecule has 0 unspecified atom stereocenters. The van der Waals surface area contributed by atoms with E-state index in [0.717, 1.165) is 12.8 Å². The lowest BCUT2D eigenvalue weighted by Gasteiger charge is -2.27. The first kappa shape index (κ1) is 19.1. The van der Waals surface area contributed by atoms with Gasteiger partial charge in [0.25, 0.3) is 0 Å². The van der Waals surface area contributed by atoms with Crippen LogP contribution in [0.3, 0.4) is 0 Å². The highest BCUT2D eigenvalue weighted by Crippen LogP contribution is 2.34. The minimum Gasteiger partial charge on any atom is -0.368 e. The zero-order valence-corrected chi connectivity index (χ0v) is 14.3. The summed E-state index contributed by atoms with van der Waals surface area (Å²) in [5.74, 6) is -2.04. The van der Waals surface area contributed by atoms with Gasteiger partial charge in [0, 0.05) is 6.42 Å². The van der Waals surface area contributed by atoms with Crippen molar-refractivity contribution in [2.75, 3.05) is 5.75 Å². The molecule has 0 aromatic carbocycles. The van der Waals surface area contributed by atoms with Crippen LogP contribution in [0.25, 0.3) is 0 Å². The van der Waals surface area contributed by atoms with Crippen LogP contribution < -0.4 is 11.5 Å². The summed E-state index contributed by atoms with van der Waals surface area (Å²) in [6, 6.07) is 0. The van der Waals surface area contributed by atoms with E-state index in [1.54, 1.807) is 0 Å². The zero-order chi connectivity index (χ0) is 17.0. The molecular weight excluding hydrogens is 304 g/mol. The number of carbonyl (C=O) groups is 2. The first-order valence-electron chi connectivity index (χ1n) is 8.01. The summed E-state index contributed by atoms with van der Waals surface area (Å²) in [4.78, 5) is 24.0. The number of ketones is 1. The Morgan fingerprint density at radius 1 is 1.18 bits per heavy atom. The molecular formula is C15H28N2O4S. The molecule has 1 aliphatic carbocycles. The van der Waals surface area contributed by atoms with Gasteiger partial charge in [-0.15, -0.1) is 0 Å². The molecule has 6 nitrogen and oxygen atoms in total. The number of hydrogen-bond acceptors (Lipinski definition) is 5. The summed E-state index contributed by atoms with van der Waals surface area (Å²) in [6.45, 7) is 3.81. The van der Waals surface area contributed by atoms with Gasteiger partial charge in [0.2, 0.25) is 5.91 Å². The highest BCUT2D eigenvalue weighted by atomic mass is 32.2. The van der Waals surface area contributed by atoms with E-state index in [1.165, 1.54) is 0 Å². The summed E-state index contributed by atoms with van der Waals surface area (Å²) in [6.07, 6.45) is 4.41. The van der Waals surface area contributed by atoms with Gasteiger partial charge < -0.3 is 11.5 Å². The first-order chi connectivity index (χ1) is 10.2. The number of rotatable bonds is 11. The van der Waals surface area contributed by atoms with Gasteiger partial charge in [-0.1, -0.05) is 26.7 Å². The lowest BCUT2D eigenvalue weighted by Crippen LogP contribution is -2.63. The third kappa shape index (κ3) is 4.78. The zero-order valence-electron chi connectivity index (χ0n) is 13.5. The van der Waals surface area contributed by atoms with Gasteiger partial charge in [0.05, 0.1) is 11.0 Å². The smallest absolute Gasteiger partial charge is 0.246 e. The monoisotopic (exact) mass is 332 g/mol. The van der Waals surface area contributed by atoms with E-state index in [0.29, 0.717) is 25.7 Å². The van der Waals surface area contributed by atoms with E-state index < -0.39 is 38.1 Å². The molecule has 1 fully saturated rings. The molecule has 0 aliphatic heterocycles. The Bertz CT molecular complexity index is 508. The standard InChI is InChI=1S/C15H28N2O4S/c1-3-5-12(6-4-2)22(20,21)10-15(17,14(16)19)13(18)9-11-7-8-11/h11-12H,3-10,17H2,1-2H3,(H2,16,19)/t15-/m1/s1. The fourth-order valence-electron chi connectivity index (χ4n) is 2.64. The van der Waals surface area contributed by atoms with Crippen LogP contribution >= 0.6 is 0 Å². The van der Waals surface area contributed by atoms with Crippen molar-refractivity contribution >= 4 is 21.5 Å². The van der Waals surface area contributed by atoms with Crippen LogP contribution in [0.15, 0.2) is 0 Å². The van der Waals surface area contributed by atoms with Gasteiger partial charge in [0.1, 0.15) is 0 Å². The molecule has 7 heteroatoms. The average Bonchev–Trinajstić information content (AvgIpc) is 3.21. The predicted molar refractivity (Wildman–Crippen MR) is 85.9 cm³/mol. The fraction of sp³-hybridized carbons (Fsp3) is 0.867. The van der Waals surface area contributed by atoms with Crippen LogP contribution in [-0.4, -0.2) is 36.6 Å². The van der Waals surface area contributed by atoms with Gasteiger partial charge in [0.15, 0.2) is 21.2 Å². The number of Topliss-reactive ketones (excluding diaryl/α,β-unsaturated/α-hetero) is 1. The molecule has 0 heterocycles. The molecule has 1 atom stereocenters. The van der Waals surface area contributed by atoms with Crippen LogP contribution in [0.4, 0.5) is 0 Å². The summed E-state index contributed by atoms with van der Waals surface area (Å²) < 4.78 is 25.2. The SMILES string of the molecule is CCCC(CCC)S(=O)(=O)C[C@](N)(C(N)=O)C(=O)CC1CC1. The van der Waals surface area contributed by atoms with Crippen molar-refractivity contribution in [3.8, 4) is 0 Å². The molecule has 0 saturated heterocycles. The van der Waals surface area contributed by atoms with E-state index >= 15 is 0 Å². The molecule has 0 aromatic rings. The summed E-state index contributed by atoms with van der Waals surface area (Å²) in [5, 5.41) is -0.571. The van der Waals surface area contributed by atoms with Crippen LogP contribution in [0.5, 0.6) is 0 Å². The Balaban J connectivity index is 2.95. The van der Waals surface area contributed by atoms with Gasteiger partial charge >= 0.3 is 0 Å². The van der Waals surface area contributed by atoms with Crippen LogP contribution in [-0.2, 0) is 19.4 Å². The van der Waals surface area contributed by atoms with E-state index in [-0.39, 0.29) is 12.3 Å². The van der Waals surface area contributed by atoms with Crippen molar-refractivity contribution in [2.45, 2.75) is 69.6 Å². The van der Waals surface area contributed by atoms with E-state index in [4.69, 9.17) is 11.5 Å². The summed E-state index contributed by atoms with van der Waals surface area (Å²) in [7, 11) is -3.66. The van der Waals surface area contributed by atoms with Crippen molar-refractivity contribution in [2.24, 2.45) is 17.4 Å². The molecule has 0 aromatic heterocycles. The molecule has 1 aliphatic rings. The number of nitrogens with two attached hydrogens (primary N) is 2. The molecule has 1 amide bonds. The Morgan fingerprint density at radius 3 is 2.05 bits per heavy atom. The molecule has 128 valence electrons. The summed E-state index contributed by atoms with van der Waals surface area (Å²) in [5.41, 5.74) is 9.05. The number of hydrogen-bond donors (Lipinski definition) is 2. The van der Waals surface area contributed by atoms with Crippen LogP contribution in [0, 0.1) is 5.92 Å². The van der Waals surface area contributed by atoms with Crippen molar-refractivity contribution in [3.63, 3.8) is 0 Å². The van der Waals surface area contributed by atoms with Crippen molar-refractivity contribution in [3.05, 3.63) is 0 Å². The van der Waals surface area contributed by atoms with E-state index in [1.807, 2.05) is 13.8 Å². The van der Waals surface area contributed by atoms with E-state index in [9.17, 15) is 18.0 Å². The van der Waals surface area contributed by atoms with Gasteiger partial charge in [-0.2, -0.15) is 0 Å². The minimum atomic E-state index is -3.66. The minimum absolute atomic E-state index is 0.140. The summed E-state index contributed by atoms with van der Waals surface area (Å²) >= 11 is 0. The number of amides is 1. The van der Waals surface area contributed by atoms with Crippen LogP contribution in [0.2, 0.25) is 0 Å². The molecule has 0 radical (unpaired) electrons. The molecule has 4 N–H and O–H groups in total. The van der Waals surface area contributed by atoms with Gasteiger partial charge in [-0.05, 0) is 31.6 Å². The van der Waals surface area contributed by atoms with Crippen molar-refractivity contribution in [1.82, 2.24) is 0 Å². The van der Waals surface area contributed by atoms with E-state index in [2.05, 4.69) is 0 Å². The third-order valence-corrected chi connectivity index (χ3v) is 6.61. The maximum absolute atomic E-state index is 12.6. The van der Waals surface area contributed by atoms with Gasteiger partial charge in [-0.25, -0.2) is 8.42 Å². The highest BCUT2D eigenvalue weighted by Gasteiger charge is 2.46.